The highest BCUT2D eigenvalue weighted by atomic mass is 79.9. The van der Waals surface area contributed by atoms with Crippen molar-refractivity contribution in [3.63, 3.8) is 0 Å². The highest BCUT2D eigenvalue weighted by Crippen LogP contribution is 2.25. The van der Waals surface area contributed by atoms with Gasteiger partial charge in [-0.2, -0.15) is 0 Å². The number of benzene rings is 1. The second-order valence-corrected chi connectivity index (χ2v) is 6.47. The van der Waals surface area contributed by atoms with E-state index in [4.69, 9.17) is 0 Å². The van der Waals surface area contributed by atoms with Crippen molar-refractivity contribution in [2.24, 2.45) is 0 Å². The summed E-state index contributed by atoms with van der Waals surface area (Å²) in [6.45, 7) is 6.81. The fourth-order valence-corrected chi connectivity index (χ4v) is 2.80. The third kappa shape index (κ3) is 4.23. The van der Waals surface area contributed by atoms with Gasteiger partial charge in [-0.1, -0.05) is 15.9 Å². The lowest BCUT2D eigenvalue weighted by Crippen LogP contribution is -2.45. The van der Waals surface area contributed by atoms with Gasteiger partial charge in [-0.05, 0) is 41.2 Å². The molecule has 0 atom stereocenters. The van der Waals surface area contributed by atoms with Crippen molar-refractivity contribution in [1.82, 2.24) is 9.80 Å². The van der Waals surface area contributed by atoms with E-state index in [-0.39, 0.29) is 0 Å². The zero-order valence-electron chi connectivity index (χ0n) is 10.6. The number of hydrogen-bond acceptors (Lipinski definition) is 3. The second kappa shape index (κ2) is 6.89. The minimum absolute atomic E-state index is 0.985. The number of piperazine rings is 1. The van der Waals surface area contributed by atoms with Crippen molar-refractivity contribution in [2.45, 2.75) is 0 Å². The summed E-state index contributed by atoms with van der Waals surface area (Å²) >= 11 is 7.06. The zero-order valence-corrected chi connectivity index (χ0v) is 13.8. The van der Waals surface area contributed by atoms with Crippen LogP contribution < -0.4 is 5.32 Å². The summed E-state index contributed by atoms with van der Waals surface area (Å²) in [6.07, 6.45) is 0. The summed E-state index contributed by atoms with van der Waals surface area (Å²) in [4.78, 5) is 4.90. The van der Waals surface area contributed by atoms with Crippen LogP contribution in [0.4, 0.5) is 5.69 Å². The minimum Gasteiger partial charge on any atom is -0.383 e. The summed E-state index contributed by atoms with van der Waals surface area (Å²) in [7, 11) is 2.19. The maximum absolute atomic E-state index is 3.56. The molecule has 5 heteroatoms. The number of nitrogens with zero attached hydrogens (tertiary/aromatic N) is 2. The maximum atomic E-state index is 3.56. The van der Waals surface area contributed by atoms with Crippen LogP contribution in [0, 0.1) is 0 Å². The Kier molecular flexibility index (Phi) is 5.48. The van der Waals surface area contributed by atoms with E-state index in [9.17, 15) is 0 Å². The van der Waals surface area contributed by atoms with Gasteiger partial charge in [-0.25, -0.2) is 0 Å². The number of anilines is 1. The molecule has 3 nitrogen and oxygen atoms in total. The molecule has 1 fully saturated rings. The molecule has 0 aromatic heterocycles. The molecule has 0 unspecified atom stereocenters. The molecule has 1 aromatic carbocycles. The van der Waals surface area contributed by atoms with Gasteiger partial charge in [-0.15, -0.1) is 0 Å². The summed E-state index contributed by atoms with van der Waals surface area (Å²) in [5.41, 5.74) is 1.15. The van der Waals surface area contributed by atoms with Crippen molar-refractivity contribution in [1.29, 1.82) is 0 Å². The Morgan fingerprint density at radius 2 is 1.89 bits per heavy atom. The van der Waals surface area contributed by atoms with Crippen molar-refractivity contribution in [3.05, 3.63) is 27.1 Å². The van der Waals surface area contributed by atoms with E-state index in [1.54, 1.807) is 0 Å². The molecular formula is C13H19Br2N3. The first-order valence-electron chi connectivity index (χ1n) is 6.25. The van der Waals surface area contributed by atoms with Crippen molar-refractivity contribution in [3.8, 4) is 0 Å². The first kappa shape index (κ1) is 14.3. The first-order chi connectivity index (χ1) is 8.65. The second-order valence-electron chi connectivity index (χ2n) is 4.70. The van der Waals surface area contributed by atoms with Crippen molar-refractivity contribution in [2.75, 3.05) is 51.6 Å². The predicted molar refractivity (Wildman–Crippen MR) is 84.3 cm³/mol. The van der Waals surface area contributed by atoms with E-state index in [2.05, 4.69) is 66.2 Å². The topological polar surface area (TPSA) is 18.5 Å². The maximum Gasteiger partial charge on any atom is 0.0496 e. The van der Waals surface area contributed by atoms with Gasteiger partial charge in [0.15, 0.2) is 0 Å². The molecule has 1 heterocycles. The Labute approximate surface area is 126 Å². The Bertz CT molecular complexity index is 390. The highest BCUT2D eigenvalue weighted by Gasteiger charge is 2.12. The minimum atomic E-state index is 0.985. The molecule has 0 saturated carbocycles. The van der Waals surface area contributed by atoms with Crippen LogP contribution in [0.5, 0.6) is 0 Å². The van der Waals surface area contributed by atoms with E-state index < -0.39 is 0 Å². The molecule has 1 saturated heterocycles. The Morgan fingerprint density at radius 1 is 1.17 bits per heavy atom. The molecule has 1 aromatic rings. The normalized spacial score (nSPS) is 17.9. The summed E-state index contributed by atoms with van der Waals surface area (Å²) in [5, 5.41) is 3.48. The molecule has 0 aliphatic carbocycles. The van der Waals surface area contributed by atoms with Gasteiger partial charge in [-0.3, -0.25) is 4.90 Å². The molecule has 100 valence electrons. The smallest absolute Gasteiger partial charge is 0.0496 e. The molecule has 0 spiro atoms. The van der Waals surface area contributed by atoms with Gasteiger partial charge in [0, 0.05) is 53.9 Å². The fraction of sp³-hybridized carbons (Fsp3) is 0.538. The largest absolute Gasteiger partial charge is 0.383 e. The monoisotopic (exact) mass is 375 g/mol. The quantitative estimate of drug-likeness (QED) is 0.871. The predicted octanol–water partition coefficient (Wildman–Crippen LogP) is 2.87. The van der Waals surface area contributed by atoms with Gasteiger partial charge in [0.2, 0.25) is 0 Å². The average Bonchev–Trinajstić information content (AvgIpc) is 2.36. The number of hydrogen-bond donors (Lipinski definition) is 1. The van der Waals surface area contributed by atoms with E-state index in [1.165, 1.54) is 26.2 Å². The SMILES string of the molecule is CN1CCN(CCNc2cc(Br)ccc2Br)CC1. The van der Waals surface area contributed by atoms with Crippen LogP contribution in [-0.2, 0) is 0 Å². The van der Waals surface area contributed by atoms with Gasteiger partial charge < -0.3 is 10.2 Å². The molecule has 0 bridgehead atoms. The number of halogens is 2. The van der Waals surface area contributed by atoms with Crippen LogP contribution in [0.1, 0.15) is 0 Å². The molecule has 0 amide bonds. The van der Waals surface area contributed by atoms with Crippen molar-refractivity contribution < 1.29 is 0 Å². The fourth-order valence-electron chi connectivity index (χ4n) is 2.05. The van der Waals surface area contributed by atoms with Gasteiger partial charge in [0.1, 0.15) is 0 Å². The van der Waals surface area contributed by atoms with Crippen LogP contribution in [0.2, 0.25) is 0 Å². The summed E-state index contributed by atoms with van der Waals surface area (Å²) in [6, 6.07) is 6.20. The van der Waals surface area contributed by atoms with E-state index in [0.717, 1.165) is 27.7 Å². The number of nitrogens with one attached hydrogen (secondary N) is 1. The van der Waals surface area contributed by atoms with Gasteiger partial charge >= 0.3 is 0 Å². The number of rotatable bonds is 4. The van der Waals surface area contributed by atoms with E-state index >= 15 is 0 Å². The Morgan fingerprint density at radius 3 is 2.61 bits per heavy atom. The summed E-state index contributed by atoms with van der Waals surface area (Å²) in [5.74, 6) is 0. The molecule has 1 aliphatic heterocycles. The van der Waals surface area contributed by atoms with Gasteiger partial charge in [0.25, 0.3) is 0 Å². The lowest BCUT2D eigenvalue weighted by molar-refractivity contribution is 0.158. The van der Waals surface area contributed by atoms with E-state index in [0.29, 0.717) is 0 Å². The third-order valence-electron chi connectivity index (χ3n) is 3.27. The Balaban J connectivity index is 1.76. The van der Waals surface area contributed by atoms with Crippen LogP contribution in [-0.4, -0.2) is 56.1 Å². The lowest BCUT2D eigenvalue weighted by Gasteiger charge is -2.32. The van der Waals surface area contributed by atoms with Crippen LogP contribution in [0.25, 0.3) is 0 Å². The highest BCUT2D eigenvalue weighted by molar-refractivity contribution is 9.11. The van der Waals surface area contributed by atoms with E-state index in [1.807, 2.05) is 6.07 Å². The average molecular weight is 377 g/mol. The lowest BCUT2D eigenvalue weighted by atomic mass is 10.3. The van der Waals surface area contributed by atoms with Crippen LogP contribution >= 0.6 is 31.9 Å². The van der Waals surface area contributed by atoms with Gasteiger partial charge in [0.05, 0.1) is 0 Å². The standard InChI is InChI=1S/C13H19Br2N3/c1-17-6-8-18(9-7-17)5-4-16-13-10-11(14)2-3-12(13)15/h2-3,10,16H,4-9H2,1H3. The summed E-state index contributed by atoms with van der Waals surface area (Å²) < 4.78 is 2.22. The van der Waals surface area contributed by atoms with Crippen LogP contribution in [0.3, 0.4) is 0 Å². The zero-order chi connectivity index (χ0) is 13.0. The molecule has 1 aliphatic rings. The Hall–Kier alpha value is -0.100. The van der Waals surface area contributed by atoms with Crippen molar-refractivity contribution >= 4 is 37.5 Å². The van der Waals surface area contributed by atoms with Crippen LogP contribution in [0.15, 0.2) is 27.1 Å². The molecule has 18 heavy (non-hydrogen) atoms. The molecule has 2 rings (SSSR count). The third-order valence-corrected chi connectivity index (χ3v) is 4.45. The molecule has 1 N–H and O–H groups in total. The molecule has 0 radical (unpaired) electrons. The number of likely N-dealkylation sites (N-methyl/N-ethyl adjacent to an activating group) is 1. The first-order valence-corrected chi connectivity index (χ1v) is 7.83. The molecular weight excluding hydrogens is 358 g/mol.